The number of nitrogens with zero attached hydrogens (tertiary/aromatic N) is 2. The monoisotopic (exact) mass is 232 g/mol. The third-order valence-corrected chi connectivity index (χ3v) is 3.08. The number of aromatic nitrogens is 1. The van der Waals surface area contributed by atoms with Crippen molar-refractivity contribution in [1.82, 2.24) is 4.98 Å². The van der Waals surface area contributed by atoms with Gasteiger partial charge in [0.1, 0.15) is 11.2 Å². The zero-order valence-corrected chi connectivity index (χ0v) is 9.52. The average molecular weight is 232 g/mol. The smallest absolute Gasteiger partial charge is 0.138 e. The van der Waals surface area contributed by atoms with Crippen molar-refractivity contribution in [3.63, 3.8) is 0 Å². The fourth-order valence-corrected chi connectivity index (χ4v) is 2.17. The molecule has 1 aromatic carbocycles. The van der Waals surface area contributed by atoms with Gasteiger partial charge in [-0.05, 0) is 18.4 Å². The van der Waals surface area contributed by atoms with Gasteiger partial charge in [0.05, 0.1) is 5.69 Å². The van der Waals surface area contributed by atoms with Crippen molar-refractivity contribution in [2.75, 3.05) is 0 Å². The van der Waals surface area contributed by atoms with Gasteiger partial charge in [-0.15, -0.1) is 11.3 Å². The molecule has 4 heteroatoms. The first kappa shape index (κ1) is 10.8. The van der Waals surface area contributed by atoms with Crippen molar-refractivity contribution < 1.29 is 5.21 Å². The lowest BCUT2D eigenvalue weighted by Gasteiger charge is -1.97. The second-order valence-corrected chi connectivity index (χ2v) is 4.30. The van der Waals surface area contributed by atoms with Gasteiger partial charge in [0.15, 0.2) is 0 Å². The summed E-state index contributed by atoms with van der Waals surface area (Å²) < 4.78 is 0. The zero-order valence-electron chi connectivity index (χ0n) is 8.71. The molecule has 0 aliphatic heterocycles. The van der Waals surface area contributed by atoms with Crippen LogP contribution in [0.5, 0.6) is 0 Å². The van der Waals surface area contributed by atoms with E-state index in [1.165, 1.54) is 23.1 Å². The molecule has 82 valence electrons. The van der Waals surface area contributed by atoms with E-state index in [0.29, 0.717) is 0 Å². The largest absolute Gasteiger partial charge is 0.411 e. The number of oxime groups is 1. The van der Waals surface area contributed by atoms with Crippen LogP contribution in [0, 0.1) is 0 Å². The summed E-state index contributed by atoms with van der Waals surface area (Å²) in [6.07, 6.45) is 3.26. The average Bonchev–Trinajstić information content (AvgIpc) is 2.76. The van der Waals surface area contributed by atoms with E-state index in [1.54, 1.807) is 0 Å². The molecule has 0 bridgehead atoms. The molecule has 0 saturated carbocycles. The third-order valence-electron chi connectivity index (χ3n) is 2.25. The van der Waals surface area contributed by atoms with Crippen LogP contribution in [0.4, 0.5) is 0 Å². The molecule has 0 spiro atoms. The maximum atomic E-state index is 8.37. The highest BCUT2D eigenvalue weighted by molar-refractivity contribution is 7.11. The van der Waals surface area contributed by atoms with Crippen molar-refractivity contribution in [2.24, 2.45) is 5.16 Å². The molecule has 0 atom stereocenters. The normalized spacial score (nSPS) is 11.0. The Hall–Kier alpha value is -1.68. The molecule has 0 aliphatic rings. The van der Waals surface area contributed by atoms with Gasteiger partial charge >= 0.3 is 0 Å². The minimum absolute atomic E-state index is 0.741. The maximum absolute atomic E-state index is 8.37. The summed E-state index contributed by atoms with van der Waals surface area (Å²) in [5.74, 6) is 0. The highest BCUT2D eigenvalue weighted by Gasteiger charge is 2.00. The number of aryl methyl sites for hydroxylation is 2. The van der Waals surface area contributed by atoms with E-state index in [9.17, 15) is 0 Å². The highest BCUT2D eigenvalue weighted by atomic mass is 32.1. The topological polar surface area (TPSA) is 45.5 Å². The molecule has 1 N–H and O–H groups in total. The number of rotatable bonds is 4. The van der Waals surface area contributed by atoms with E-state index in [-0.39, 0.29) is 0 Å². The lowest BCUT2D eigenvalue weighted by atomic mass is 10.1. The van der Waals surface area contributed by atoms with Gasteiger partial charge in [0.2, 0.25) is 0 Å². The van der Waals surface area contributed by atoms with Crippen LogP contribution in [0.2, 0.25) is 0 Å². The first-order chi connectivity index (χ1) is 7.88. The summed E-state index contributed by atoms with van der Waals surface area (Å²) in [6.45, 7) is 0. The summed E-state index contributed by atoms with van der Waals surface area (Å²) in [5, 5.41) is 14.1. The second kappa shape index (κ2) is 5.42. The van der Waals surface area contributed by atoms with Crippen molar-refractivity contribution >= 4 is 17.6 Å². The van der Waals surface area contributed by atoms with Crippen molar-refractivity contribution in [3.8, 4) is 0 Å². The number of hydrogen-bond donors (Lipinski definition) is 1. The van der Waals surface area contributed by atoms with Gasteiger partial charge in [-0.25, -0.2) is 4.98 Å². The minimum Gasteiger partial charge on any atom is -0.411 e. The third kappa shape index (κ3) is 2.90. The highest BCUT2D eigenvalue weighted by Crippen LogP contribution is 2.11. The lowest BCUT2D eigenvalue weighted by molar-refractivity contribution is 0.322. The van der Waals surface area contributed by atoms with Crippen LogP contribution in [0.15, 0.2) is 40.9 Å². The second-order valence-electron chi connectivity index (χ2n) is 3.41. The first-order valence-corrected chi connectivity index (χ1v) is 5.92. The molecule has 2 rings (SSSR count). The predicted molar refractivity (Wildman–Crippen MR) is 65.3 cm³/mol. The van der Waals surface area contributed by atoms with Gasteiger partial charge in [-0.3, -0.25) is 0 Å². The van der Waals surface area contributed by atoms with Crippen molar-refractivity contribution in [3.05, 3.63) is 52.0 Å². The van der Waals surface area contributed by atoms with Gasteiger partial charge in [0, 0.05) is 5.38 Å². The molecule has 0 fully saturated rings. The van der Waals surface area contributed by atoms with Crippen LogP contribution in [0.1, 0.15) is 16.3 Å². The molecular formula is C12H12N2OS. The van der Waals surface area contributed by atoms with Crippen LogP contribution in [0.25, 0.3) is 0 Å². The van der Waals surface area contributed by atoms with E-state index < -0.39 is 0 Å². The van der Waals surface area contributed by atoms with Crippen LogP contribution in [-0.4, -0.2) is 16.4 Å². The fourth-order valence-electron chi connectivity index (χ4n) is 1.46. The fraction of sp³-hybridized carbons (Fsp3) is 0.167. The Balaban J connectivity index is 1.94. The van der Waals surface area contributed by atoms with Crippen molar-refractivity contribution in [1.29, 1.82) is 0 Å². The molecular weight excluding hydrogens is 220 g/mol. The summed E-state index contributed by atoms with van der Waals surface area (Å²) in [6, 6.07) is 10.3. The Bertz CT molecular complexity index is 465. The lowest BCUT2D eigenvalue weighted by Crippen LogP contribution is -1.91. The zero-order chi connectivity index (χ0) is 11.2. The molecule has 0 radical (unpaired) electrons. The van der Waals surface area contributed by atoms with E-state index in [1.807, 2.05) is 23.6 Å². The SMILES string of the molecule is ON=Cc1nc(CCc2ccccc2)cs1. The summed E-state index contributed by atoms with van der Waals surface area (Å²) >= 11 is 1.49. The van der Waals surface area contributed by atoms with E-state index >= 15 is 0 Å². The number of benzene rings is 1. The number of hydrogen-bond acceptors (Lipinski definition) is 4. The number of thiazole rings is 1. The van der Waals surface area contributed by atoms with E-state index in [2.05, 4.69) is 22.3 Å². The molecule has 3 nitrogen and oxygen atoms in total. The molecule has 0 unspecified atom stereocenters. The Kier molecular flexibility index (Phi) is 3.66. The standard InChI is InChI=1S/C12H12N2OS/c15-13-8-12-14-11(9-16-12)7-6-10-4-2-1-3-5-10/h1-5,8-9,15H,6-7H2. The Morgan fingerprint density at radius 2 is 2.06 bits per heavy atom. The van der Waals surface area contributed by atoms with Gasteiger partial charge in [-0.1, -0.05) is 35.5 Å². The molecule has 2 aromatic rings. The van der Waals surface area contributed by atoms with Crippen molar-refractivity contribution in [2.45, 2.75) is 12.8 Å². The molecule has 0 amide bonds. The van der Waals surface area contributed by atoms with Crippen LogP contribution in [0.3, 0.4) is 0 Å². The molecule has 1 heterocycles. The Labute approximate surface area is 98.1 Å². The minimum atomic E-state index is 0.741. The first-order valence-electron chi connectivity index (χ1n) is 5.04. The molecule has 16 heavy (non-hydrogen) atoms. The van der Waals surface area contributed by atoms with Crippen LogP contribution < -0.4 is 0 Å². The van der Waals surface area contributed by atoms with Gasteiger partial charge < -0.3 is 5.21 Å². The molecule has 0 saturated heterocycles. The predicted octanol–water partition coefficient (Wildman–Crippen LogP) is 2.74. The summed E-state index contributed by atoms with van der Waals surface area (Å²) in [4.78, 5) is 4.32. The van der Waals surface area contributed by atoms with E-state index in [0.717, 1.165) is 23.5 Å². The summed E-state index contributed by atoms with van der Waals surface area (Å²) in [5.41, 5.74) is 2.36. The van der Waals surface area contributed by atoms with Crippen LogP contribution in [-0.2, 0) is 12.8 Å². The Morgan fingerprint density at radius 1 is 1.25 bits per heavy atom. The molecule has 0 aliphatic carbocycles. The molecule has 1 aromatic heterocycles. The summed E-state index contributed by atoms with van der Waals surface area (Å²) in [7, 11) is 0. The quantitative estimate of drug-likeness (QED) is 0.500. The van der Waals surface area contributed by atoms with E-state index in [4.69, 9.17) is 5.21 Å². The van der Waals surface area contributed by atoms with Gasteiger partial charge in [-0.2, -0.15) is 0 Å². The van der Waals surface area contributed by atoms with Gasteiger partial charge in [0.25, 0.3) is 0 Å². The van der Waals surface area contributed by atoms with Crippen LogP contribution >= 0.6 is 11.3 Å². The maximum Gasteiger partial charge on any atom is 0.138 e. The Morgan fingerprint density at radius 3 is 2.81 bits per heavy atom.